The van der Waals surface area contributed by atoms with E-state index in [9.17, 15) is 65.9 Å². The van der Waals surface area contributed by atoms with E-state index in [1.54, 1.807) is 0 Å². The molecule has 0 N–H and O–H groups in total. The van der Waals surface area contributed by atoms with Gasteiger partial charge in [0.25, 0.3) is 0 Å². The molecule has 0 unspecified atom stereocenters. The molecule has 2 aromatic heterocycles. The summed E-state index contributed by atoms with van der Waals surface area (Å²) in [5, 5.41) is 8.49. The number of rotatable bonds is 4. The molecule has 0 saturated heterocycles. The number of hydrogen-bond acceptors (Lipinski definition) is 4. The summed E-state index contributed by atoms with van der Waals surface area (Å²) >= 11 is 0.743. The van der Waals surface area contributed by atoms with Gasteiger partial charge in [0.15, 0.2) is 5.82 Å². The van der Waals surface area contributed by atoms with E-state index in [1.807, 2.05) is 0 Å². The topological polar surface area (TPSA) is 29.0 Å². The molecule has 0 saturated carbocycles. The Bertz CT molecular complexity index is 1840. The summed E-state index contributed by atoms with van der Waals surface area (Å²) in [6.07, 6.45) is -26.8. The van der Waals surface area contributed by atoms with Crippen molar-refractivity contribution in [3.8, 4) is 11.3 Å². The lowest BCUT2D eigenvalue weighted by atomic mass is 10.0. The van der Waals surface area contributed by atoms with Crippen LogP contribution in [0.2, 0.25) is 0 Å². The fourth-order valence-corrected chi connectivity index (χ4v) is 5.49. The number of fused-ring (bicyclic) bond motifs is 1. The zero-order valence-corrected chi connectivity index (χ0v) is 23.7. The summed E-state index contributed by atoms with van der Waals surface area (Å²) in [6.45, 7) is 0. The van der Waals surface area contributed by atoms with E-state index < -0.39 is 75.9 Å². The molecule has 5 rings (SSSR count). The lowest BCUT2D eigenvalue weighted by Gasteiger charge is -2.28. The molecule has 3 aromatic carbocycles. The molecule has 0 atom stereocenters. The maximum atomic E-state index is 13.8. The molecule has 0 aliphatic rings. The van der Waals surface area contributed by atoms with Crippen LogP contribution in [0.15, 0.2) is 72.1 Å². The van der Waals surface area contributed by atoms with Crippen LogP contribution in [0, 0.1) is 0 Å². The Hall–Kier alpha value is -4.55. The van der Waals surface area contributed by atoms with Gasteiger partial charge >= 0.3 is 30.9 Å². The summed E-state index contributed by atoms with van der Waals surface area (Å²) in [5.41, 5.74) is -11.9. The molecule has 0 fully saturated rings. The van der Waals surface area contributed by atoms with Gasteiger partial charge in [0.2, 0.25) is 0 Å². The van der Waals surface area contributed by atoms with E-state index >= 15 is 0 Å². The molecule has 254 valence electrons. The minimum Gasteiger partial charge on any atom is -0.293 e. The minimum absolute atomic E-state index is 0.0589. The first-order valence-electron chi connectivity index (χ1n) is 12.8. The van der Waals surface area contributed by atoms with Crippen molar-refractivity contribution in [2.24, 2.45) is 0 Å². The summed E-state index contributed by atoms with van der Waals surface area (Å²) in [4.78, 5) is 0.201. The number of alkyl halides is 15. The average molecular weight is 719 g/mol. The van der Waals surface area contributed by atoms with Crippen LogP contribution in [0.1, 0.15) is 27.8 Å². The summed E-state index contributed by atoms with van der Waals surface area (Å²) in [6, 6.07) is 4.28. The highest BCUT2D eigenvalue weighted by molar-refractivity contribution is 7.17. The first-order valence-corrected chi connectivity index (χ1v) is 13.6. The summed E-state index contributed by atoms with van der Waals surface area (Å²) in [5.74, 6) is -0.832. The fraction of sp³-hybridized carbons (Fsp3) is 0.172. The third kappa shape index (κ3) is 7.00. The maximum absolute atomic E-state index is 13.8. The van der Waals surface area contributed by atoms with Gasteiger partial charge < -0.3 is 0 Å². The lowest BCUT2D eigenvalue weighted by molar-refractivity contribution is -0.144. The Morgan fingerprint density at radius 3 is 1.33 bits per heavy atom. The van der Waals surface area contributed by atoms with E-state index in [-0.39, 0.29) is 62.6 Å². The van der Waals surface area contributed by atoms with Gasteiger partial charge in [-0.1, -0.05) is 12.1 Å². The molecular formula is C29H12F15N3S. The van der Waals surface area contributed by atoms with E-state index in [0.29, 0.717) is 6.07 Å². The predicted molar refractivity (Wildman–Crippen MR) is 143 cm³/mol. The third-order valence-corrected chi connectivity index (χ3v) is 7.62. The highest BCUT2D eigenvalue weighted by Gasteiger charge is 2.41. The quantitative estimate of drug-likeness (QED) is 0.173. The molecule has 0 aliphatic carbocycles. The van der Waals surface area contributed by atoms with Crippen LogP contribution >= 0.6 is 11.3 Å². The van der Waals surface area contributed by atoms with Crippen LogP contribution in [0.25, 0.3) is 21.3 Å². The molecule has 3 nitrogen and oxygen atoms in total. The van der Waals surface area contributed by atoms with Gasteiger partial charge in [-0.2, -0.15) is 65.9 Å². The zero-order valence-electron chi connectivity index (χ0n) is 22.8. The van der Waals surface area contributed by atoms with Crippen molar-refractivity contribution in [1.82, 2.24) is 10.2 Å². The van der Waals surface area contributed by atoms with Crippen molar-refractivity contribution in [2.45, 2.75) is 30.9 Å². The Kier molecular flexibility index (Phi) is 8.37. The fourth-order valence-electron chi connectivity index (χ4n) is 4.59. The van der Waals surface area contributed by atoms with Crippen molar-refractivity contribution < 1.29 is 65.9 Å². The molecule has 0 aliphatic heterocycles. The number of nitrogens with zero attached hydrogens (tertiary/aromatic N) is 3. The third-order valence-electron chi connectivity index (χ3n) is 6.70. The van der Waals surface area contributed by atoms with Crippen molar-refractivity contribution in [3.05, 3.63) is 99.9 Å². The predicted octanol–water partition coefficient (Wildman–Crippen LogP) is 11.9. The minimum atomic E-state index is -5.48. The second kappa shape index (κ2) is 11.6. The average Bonchev–Trinajstić information content (AvgIpc) is 3.45. The Balaban J connectivity index is 1.87. The van der Waals surface area contributed by atoms with Gasteiger partial charge in [0, 0.05) is 22.3 Å². The summed E-state index contributed by atoms with van der Waals surface area (Å²) < 4.78 is 206. The van der Waals surface area contributed by atoms with Gasteiger partial charge in [-0.25, -0.2) is 0 Å². The number of halogens is 15. The Morgan fingerprint density at radius 1 is 0.479 bits per heavy atom. The number of benzene rings is 3. The van der Waals surface area contributed by atoms with E-state index in [2.05, 4.69) is 10.2 Å². The van der Waals surface area contributed by atoms with E-state index in [1.165, 1.54) is 11.4 Å². The normalized spacial score (nSPS) is 13.3. The molecule has 2 heterocycles. The van der Waals surface area contributed by atoms with Crippen molar-refractivity contribution in [3.63, 3.8) is 0 Å². The van der Waals surface area contributed by atoms with Crippen LogP contribution in [-0.2, 0) is 30.9 Å². The highest BCUT2D eigenvalue weighted by atomic mass is 32.1. The number of hydrogen-bond donors (Lipinski definition) is 0. The molecule has 0 radical (unpaired) electrons. The van der Waals surface area contributed by atoms with Gasteiger partial charge in [-0.15, -0.1) is 21.5 Å². The van der Waals surface area contributed by atoms with Crippen LogP contribution in [0.3, 0.4) is 0 Å². The van der Waals surface area contributed by atoms with Gasteiger partial charge in [-0.3, -0.25) is 4.90 Å². The number of anilines is 3. The monoisotopic (exact) mass is 719 g/mol. The Morgan fingerprint density at radius 2 is 0.917 bits per heavy atom. The molecule has 5 aromatic rings. The van der Waals surface area contributed by atoms with Crippen LogP contribution < -0.4 is 4.90 Å². The number of aromatic nitrogens is 2. The Labute approximate surface area is 261 Å². The molecule has 0 amide bonds. The molecule has 48 heavy (non-hydrogen) atoms. The van der Waals surface area contributed by atoms with Crippen molar-refractivity contribution in [2.75, 3.05) is 4.90 Å². The van der Waals surface area contributed by atoms with Crippen LogP contribution in [0.4, 0.5) is 83.0 Å². The molecule has 0 spiro atoms. The summed E-state index contributed by atoms with van der Waals surface area (Å²) in [7, 11) is 0. The van der Waals surface area contributed by atoms with E-state index in [4.69, 9.17) is 0 Å². The lowest BCUT2D eigenvalue weighted by Crippen LogP contribution is -2.19. The second-order valence-electron chi connectivity index (χ2n) is 9.98. The molecule has 19 heteroatoms. The van der Waals surface area contributed by atoms with Crippen molar-refractivity contribution in [1.29, 1.82) is 0 Å². The number of thiophene rings is 1. The SMILES string of the molecule is FC(F)(F)c1cccc(-c2nnc(N(c3cc(C(F)(F)F)cc(C(F)(F)F)c3)c3cc(C(F)(F)F)cc(C(F)(F)F)c3)c3ccsc23)c1. The standard InChI is InChI=1S/C29H12F15N3S/c30-25(31,32)14-3-1-2-13(6-14)22-23-21(4-5-48-23)24(46-45-22)47(19-9-15(26(33,34)35)7-16(10-19)27(36,37)38)20-11-17(28(39,40)41)8-18(12-20)29(42,43)44/h1-12H. The molecular weight excluding hydrogens is 707 g/mol. The van der Waals surface area contributed by atoms with E-state index in [0.717, 1.165) is 29.5 Å². The first-order chi connectivity index (χ1) is 21.9. The second-order valence-corrected chi connectivity index (χ2v) is 10.9. The first kappa shape index (κ1) is 34.8. The van der Waals surface area contributed by atoms with Gasteiger partial charge in [-0.05, 0) is 60.0 Å². The van der Waals surface area contributed by atoms with Crippen LogP contribution in [-0.4, -0.2) is 10.2 Å². The van der Waals surface area contributed by atoms with Crippen LogP contribution in [0.5, 0.6) is 0 Å². The van der Waals surface area contributed by atoms with Gasteiger partial charge in [0.05, 0.1) is 32.5 Å². The van der Waals surface area contributed by atoms with Gasteiger partial charge in [0.1, 0.15) is 5.69 Å². The maximum Gasteiger partial charge on any atom is 0.416 e. The largest absolute Gasteiger partial charge is 0.416 e. The zero-order chi connectivity index (χ0) is 35.6. The van der Waals surface area contributed by atoms with Crippen molar-refractivity contribution >= 4 is 38.6 Å². The molecule has 0 bridgehead atoms. The highest BCUT2D eigenvalue weighted by Crippen LogP contribution is 2.47. The smallest absolute Gasteiger partial charge is 0.293 e.